The average molecular weight is 329 g/mol. The van der Waals surface area contributed by atoms with Crippen LogP contribution in [0.1, 0.15) is 24.1 Å². The maximum absolute atomic E-state index is 13.5. The quantitative estimate of drug-likeness (QED) is 0.877. The fraction of sp³-hybridized carbons (Fsp3) is 0.214. The third-order valence-corrected chi connectivity index (χ3v) is 4.78. The zero-order valence-corrected chi connectivity index (χ0v) is 13.0. The number of aromatic nitrogens is 1. The van der Waals surface area contributed by atoms with Gasteiger partial charge >= 0.3 is 0 Å². The Bertz CT molecular complexity index is 765. The highest BCUT2D eigenvalue weighted by molar-refractivity contribution is 7.89. The van der Waals surface area contributed by atoms with Crippen LogP contribution in [0.15, 0.2) is 41.4 Å². The molecule has 1 heterocycles. The summed E-state index contributed by atoms with van der Waals surface area (Å²) in [6.07, 6.45) is 1.31. The van der Waals surface area contributed by atoms with Crippen molar-refractivity contribution in [1.82, 2.24) is 9.71 Å². The zero-order chi connectivity index (χ0) is 15.6. The molecule has 0 amide bonds. The number of nitrogens with one attached hydrogen (secondary N) is 1. The lowest BCUT2D eigenvalue weighted by molar-refractivity contribution is 0.564. The second-order valence-corrected chi connectivity index (χ2v) is 6.77. The summed E-state index contributed by atoms with van der Waals surface area (Å²) in [6.45, 7) is 3.29. The van der Waals surface area contributed by atoms with Gasteiger partial charge in [-0.1, -0.05) is 23.7 Å². The summed E-state index contributed by atoms with van der Waals surface area (Å²) in [5.74, 6) is -0.370. The number of aryl methyl sites for hydroxylation is 1. The minimum atomic E-state index is -3.75. The van der Waals surface area contributed by atoms with E-state index in [-0.39, 0.29) is 15.9 Å². The number of pyridine rings is 1. The maximum Gasteiger partial charge on any atom is 0.241 e. The Morgan fingerprint density at radius 3 is 2.62 bits per heavy atom. The van der Waals surface area contributed by atoms with Crippen molar-refractivity contribution in [2.45, 2.75) is 24.8 Å². The fourth-order valence-corrected chi connectivity index (χ4v) is 3.28. The molecule has 0 spiro atoms. The Kier molecular flexibility index (Phi) is 4.61. The first-order valence-electron chi connectivity index (χ1n) is 6.19. The van der Waals surface area contributed by atoms with E-state index in [2.05, 4.69) is 9.71 Å². The van der Waals surface area contributed by atoms with Gasteiger partial charge in [-0.2, -0.15) is 0 Å². The van der Waals surface area contributed by atoms with Crippen LogP contribution < -0.4 is 4.72 Å². The molecule has 0 aliphatic carbocycles. The fourth-order valence-electron chi connectivity index (χ4n) is 1.80. The highest BCUT2D eigenvalue weighted by atomic mass is 35.5. The number of nitrogens with zero attached hydrogens (tertiary/aromatic N) is 1. The molecule has 0 saturated heterocycles. The molecule has 21 heavy (non-hydrogen) atoms. The van der Waals surface area contributed by atoms with E-state index in [0.717, 1.165) is 0 Å². The van der Waals surface area contributed by atoms with Crippen LogP contribution in [0.4, 0.5) is 4.39 Å². The Morgan fingerprint density at radius 2 is 2.00 bits per heavy atom. The standard InChI is InChI=1S/C14H14ClFN2O2S/c1-9-3-4-11(7-13(9)16)10(2)18-21(19,20)12-5-6-17-14(15)8-12/h3-8,10,18H,1-2H3. The van der Waals surface area contributed by atoms with Gasteiger partial charge in [0.25, 0.3) is 0 Å². The molecule has 2 rings (SSSR count). The largest absolute Gasteiger partial charge is 0.244 e. The van der Waals surface area contributed by atoms with Crippen LogP contribution in [-0.2, 0) is 10.0 Å². The van der Waals surface area contributed by atoms with E-state index in [1.54, 1.807) is 26.0 Å². The van der Waals surface area contributed by atoms with Crippen LogP contribution in [0.3, 0.4) is 0 Å². The Hall–Kier alpha value is -1.50. The lowest BCUT2D eigenvalue weighted by Crippen LogP contribution is -2.27. The van der Waals surface area contributed by atoms with Crippen molar-refractivity contribution in [3.8, 4) is 0 Å². The van der Waals surface area contributed by atoms with E-state index in [1.165, 1.54) is 24.4 Å². The third-order valence-electron chi connectivity index (χ3n) is 3.04. The predicted octanol–water partition coefficient (Wildman–Crippen LogP) is 3.22. The molecule has 0 saturated carbocycles. The highest BCUT2D eigenvalue weighted by Crippen LogP contribution is 2.20. The van der Waals surface area contributed by atoms with Gasteiger partial charge in [-0.25, -0.2) is 22.5 Å². The van der Waals surface area contributed by atoms with Gasteiger partial charge in [0, 0.05) is 12.2 Å². The average Bonchev–Trinajstić information content (AvgIpc) is 2.41. The minimum absolute atomic E-state index is 0.0157. The van der Waals surface area contributed by atoms with Crippen molar-refractivity contribution in [2.24, 2.45) is 0 Å². The molecule has 1 aromatic carbocycles. The van der Waals surface area contributed by atoms with Crippen molar-refractivity contribution >= 4 is 21.6 Å². The van der Waals surface area contributed by atoms with E-state index in [9.17, 15) is 12.8 Å². The molecule has 4 nitrogen and oxygen atoms in total. The molecule has 1 N–H and O–H groups in total. The molecule has 0 aliphatic heterocycles. The van der Waals surface area contributed by atoms with E-state index >= 15 is 0 Å². The molecule has 1 atom stereocenters. The molecular weight excluding hydrogens is 315 g/mol. The van der Waals surface area contributed by atoms with Crippen LogP contribution in [-0.4, -0.2) is 13.4 Å². The molecule has 2 aromatic rings. The van der Waals surface area contributed by atoms with Crippen LogP contribution >= 0.6 is 11.6 Å². The lowest BCUT2D eigenvalue weighted by Gasteiger charge is -2.15. The number of hydrogen-bond donors (Lipinski definition) is 1. The Morgan fingerprint density at radius 1 is 1.29 bits per heavy atom. The van der Waals surface area contributed by atoms with Crippen molar-refractivity contribution in [2.75, 3.05) is 0 Å². The lowest BCUT2D eigenvalue weighted by atomic mass is 10.1. The molecule has 0 radical (unpaired) electrons. The van der Waals surface area contributed by atoms with Crippen molar-refractivity contribution in [3.63, 3.8) is 0 Å². The Labute approximate surface area is 128 Å². The van der Waals surface area contributed by atoms with Gasteiger partial charge in [0.2, 0.25) is 10.0 Å². The number of sulfonamides is 1. The van der Waals surface area contributed by atoms with E-state index < -0.39 is 16.1 Å². The SMILES string of the molecule is Cc1ccc(C(C)NS(=O)(=O)c2ccnc(Cl)c2)cc1F. The van der Waals surface area contributed by atoms with E-state index in [4.69, 9.17) is 11.6 Å². The van der Waals surface area contributed by atoms with Crippen molar-refractivity contribution < 1.29 is 12.8 Å². The highest BCUT2D eigenvalue weighted by Gasteiger charge is 2.19. The minimum Gasteiger partial charge on any atom is -0.244 e. The van der Waals surface area contributed by atoms with Gasteiger partial charge in [-0.15, -0.1) is 0 Å². The molecule has 1 aromatic heterocycles. The van der Waals surface area contributed by atoms with Gasteiger partial charge in [0.05, 0.1) is 4.90 Å². The summed E-state index contributed by atoms with van der Waals surface area (Å²) in [6, 6.07) is 6.65. The zero-order valence-electron chi connectivity index (χ0n) is 11.5. The number of hydrogen-bond acceptors (Lipinski definition) is 3. The van der Waals surface area contributed by atoms with Crippen molar-refractivity contribution in [3.05, 3.63) is 58.6 Å². The smallest absolute Gasteiger partial charge is 0.241 e. The molecule has 0 bridgehead atoms. The summed E-state index contributed by atoms with van der Waals surface area (Å²) in [7, 11) is -3.75. The molecule has 7 heteroatoms. The second kappa shape index (κ2) is 6.09. The summed E-state index contributed by atoms with van der Waals surface area (Å²) < 4.78 is 40.5. The Balaban J connectivity index is 2.25. The van der Waals surface area contributed by atoms with E-state index in [0.29, 0.717) is 11.1 Å². The van der Waals surface area contributed by atoms with Crippen LogP contribution in [0, 0.1) is 12.7 Å². The van der Waals surface area contributed by atoms with Gasteiger partial charge in [-0.05, 0) is 43.2 Å². The third kappa shape index (κ3) is 3.78. The van der Waals surface area contributed by atoms with Gasteiger partial charge in [0.15, 0.2) is 0 Å². The normalized spacial score (nSPS) is 13.1. The van der Waals surface area contributed by atoms with E-state index in [1.807, 2.05) is 0 Å². The summed E-state index contributed by atoms with van der Waals surface area (Å²) in [4.78, 5) is 3.75. The maximum atomic E-state index is 13.5. The topological polar surface area (TPSA) is 59.1 Å². The molecule has 1 unspecified atom stereocenters. The molecule has 0 fully saturated rings. The predicted molar refractivity (Wildman–Crippen MR) is 79.1 cm³/mol. The summed E-state index contributed by atoms with van der Waals surface area (Å²) >= 11 is 5.69. The van der Waals surface area contributed by atoms with Gasteiger partial charge in [-0.3, -0.25) is 0 Å². The van der Waals surface area contributed by atoms with Crippen LogP contribution in [0.2, 0.25) is 5.15 Å². The molecule has 112 valence electrons. The first-order valence-corrected chi connectivity index (χ1v) is 8.05. The van der Waals surface area contributed by atoms with Gasteiger partial charge in [0.1, 0.15) is 11.0 Å². The van der Waals surface area contributed by atoms with Crippen LogP contribution in [0.5, 0.6) is 0 Å². The molecule has 0 aliphatic rings. The van der Waals surface area contributed by atoms with Crippen molar-refractivity contribution in [1.29, 1.82) is 0 Å². The number of benzene rings is 1. The first-order chi connectivity index (χ1) is 9.79. The summed E-state index contributed by atoms with van der Waals surface area (Å²) in [5, 5.41) is 0.0897. The van der Waals surface area contributed by atoms with Gasteiger partial charge < -0.3 is 0 Å². The second-order valence-electron chi connectivity index (χ2n) is 4.67. The molecular formula is C14H14ClFN2O2S. The number of rotatable bonds is 4. The first kappa shape index (κ1) is 15.9. The number of halogens is 2. The summed E-state index contributed by atoms with van der Waals surface area (Å²) in [5.41, 5.74) is 1.05. The van der Waals surface area contributed by atoms with Crippen LogP contribution in [0.25, 0.3) is 0 Å². The monoisotopic (exact) mass is 328 g/mol.